The van der Waals surface area contributed by atoms with Gasteiger partial charge in [-0.1, -0.05) is 12.1 Å². The minimum atomic E-state index is -0.368. The number of benzene rings is 1. The normalized spacial score (nSPS) is 20.4. The summed E-state index contributed by atoms with van der Waals surface area (Å²) in [7, 11) is 3.01. The fourth-order valence-electron chi connectivity index (χ4n) is 2.81. The van der Waals surface area contributed by atoms with Crippen molar-refractivity contribution in [2.45, 2.75) is 6.92 Å². The Morgan fingerprint density at radius 2 is 1.65 bits per heavy atom. The molecule has 1 aromatic carbocycles. The first-order valence-corrected chi connectivity index (χ1v) is 7.14. The molecule has 2 aliphatic rings. The van der Waals surface area contributed by atoms with Crippen molar-refractivity contribution in [2.75, 3.05) is 14.2 Å². The van der Waals surface area contributed by atoms with Gasteiger partial charge in [-0.25, -0.2) is 9.89 Å². The second kappa shape index (κ2) is 5.72. The van der Waals surface area contributed by atoms with E-state index in [1.807, 2.05) is 6.92 Å². The molecule has 3 rings (SSSR count). The highest BCUT2D eigenvalue weighted by molar-refractivity contribution is 6.22. The van der Waals surface area contributed by atoms with Gasteiger partial charge < -0.3 is 9.47 Å². The molecular weight excluding hydrogens is 296 g/mol. The molecule has 0 N–H and O–H groups in total. The molecule has 0 spiro atoms. The number of nitrogens with zero attached hydrogens (tertiary/aromatic N) is 2. The van der Waals surface area contributed by atoms with E-state index in [-0.39, 0.29) is 17.7 Å². The van der Waals surface area contributed by atoms with Crippen molar-refractivity contribution in [2.24, 2.45) is 10.9 Å². The molecule has 0 radical (unpaired) electrons. The second-order valence-electron chi connectivity index (χ2n) is 5.15. The van der Waals surface area contributed by atoms with Crippen LogP contribution in [0.3, 0.4) is 0 Å². The van der Waals surface area contributed by atoms with Crippen LogP contribution in [0.25, 0.3) is 0 Å². The summed E-state index contributed by atoms with van der Waals surface area (Å²) in [5.74, 6) is -0.154. The summed E-state index contributed by atoms with van der Waals surface area (Å²) in [5, 5.41) is 0. The van der Waals surface area contributed by atoms with Gasteiger partial charge in [0, 0.05) is 6.20 Å². The van der Waals surface area contributed by atoms with E-state index in [2.05, 4.69) is 4.99 Å². The van der Waals surface area contributed by atoms with Gasteiger partial charge in [-0.15, -0.1) is 0 Å². The lowest BCUT2D eigenvalue weighted by Crippen LogP contribution is -2.31. The number of amides is 2. The van der Waals surface area contributed by atoms with Gasteiger partial charge in [-0.3, -0.25) is 9.59 Å². The Morgan fingerprint density at radius 1 is 1.04 bits per heavy atom. The van der Waals surface area contributed by atoms with E-state index in [1.54, 1.807) is 30.3 Å². The van der Waals surface area contributed by atoms with Gasteiger partial charge in [0.1, 0.15) is 5.76 Å². The fraction of sp³-hybridized carbons (Fsp3) is 0.235. The Bertz CT molecular complexity index is 742. The van der Waals surface area contributed by atoms with Crippen LogP contribution < -0.4 is 0 Å². The van der Waals surface area contributed by atoms with Gasteiger partial charge in [0.05, 0.1) is 37.0 Å². The molecule has 2 amide bonds. The number of carbonyl (C=O) groups excluding carboxylic acids is 2. The molecular formula is C17H16N2O4. The Hall–Kier alpha value is -2.89. The first kappa shape index (κ1) is 15.0. The van der Waals surface area contributed by atoms with Crippen LogP contribution in [0.4, 0.5) is 0 Å². The molecule has 2 aliphatic heterocycles. The fourth-order valence-corrected chi connectivity index (χ4v) is 2.81. The minimum Gasteiger partial charge on any atom is -0.498 e. The monoisotopic (exact) mass is 312 g/mol. The predicted octanol–water partition coefficient (Wildman–Crippen LogP) is 2.35. The Labute approximate surface area is 133 Å². The smallest absolute Gasteiger partial charge is 0.266 e. The number of imide groups is 1. The summed E-state index contributed by atoms with van der Waals surface area (Å²) in [6.07, 6.45) is 3.09. The maximum absolute atomic E-state index is 12.7. The molecule has 0 fully saturated rings. The van der Waals surface area contributed by atoms with Crippen LogP contribution in [0.1, 0.15) is 27.6 Å². The lowest BCUT2D eigenvalue weighted by Gasteiger charge is -2.21. The Morgan fingerprint density at radius 3 is 2.17 bits per heavy atom. The summed E-state index contributed by atoms with van der Waals surface area (Å²) in [6.45, 7) is 1.84. The highest BCUT2D eigenvalue weighted by atomic mass is 16.5. The third-order valence-corrected chi connectivity index (χ3v) is 3.91. The predicted molar refractivity (Wildman–Crippen MR) is 83.7 cm³/mol. The van der Waals surface area contributed by atoms with E-state index in [9.17, 15) is 9.59 Å². The van der Waals surface area contributed by atoms with Gasteiger partial charge in [-0.2, -0.15) is 0 Å². The van der Waals surface area contributed by atoms with Crippen molar-refractivity contribution in [3.8, 4) is 0 Å². The van der Waals surface area contributed by atoms with Crippen LogP contribution in [0, 0.1) is 5.92 Å². The summed E-state index contributed by atoms with van der Waals surface area (Å²) in [4.78, 5) is 30.6. The number of carbonyl (C=O) groups is 2. The van der Waals surface area contributed by atoms with Crippen LogP contribution in [-0.4, -0.2) is 36.8 Å². The van der Waals surface area contributed by atoms with Gasteiger partial charge in [0.25, 0.3) is 11.8 Å². The number of hydrogen-bond acceptors (Lipinski definition) is 5. The molecule has 0 aromatic heterocycles. The molecule has 1 aromatic rings. The number of fused-ring (bicyclic) bond motifs is 1. The number of allylic oxidation sites excluding steroid dienone is 1. The van der Waals surface area contributed by atoms with Crippen LogP contribution >= 0.6 is 0 Å². The number of aliphatic imine (C=N–C) groups is 1. The SMILES string of the molecule is COC1=NC=CC(N2C(=O)c3ccccc3C2=O)=C(OC)C1C. The van der Waals surface area contributed by atoms with E-state index in [4.69, 9.17) is 9.47 Å². The summed E-state index contributed by atoms with van der Waals surface area (Å²) < 4.78 is 10.7. The number of hydrogen-bond donors (Lipinski definition) is 0. The van der Waals surface area contributed by atoms with Crippen LogP contribution in [0.15, 0.2) is 53.0 Å². The lowest BCUT2D eigenvalue weighted by molar-refractivity contribution is 0.0697. The summed E-state index contributed by atoms with van der Waals surface area (Å²) in [5.41, 5.74) is 1.15. The van der Waals surface area contributed by atoms with E-state index < -0.39 is 0 Å². The number of methoxy groups -OCH3 is 2. The molecule has 6 nitrogen and oxygen atoms in total. The highest BCUT2D eigenvalue weighted by Gasteiger charge is 2.39. The maximum Gasteiger partial charge on any atom is 0.266 e. The molecule has 118 valence electrons. The molecule has 0 aliphatic carbocycles. The highest BCUT2D eigenvalue weighted by Crippen LogP contribution is 2.31. The average molecular weight is 312 g/mol. The molecule has 1 unspecified atom stereocenters. The van der Waals surface area contributed by atoms with Crippen molar-refractivity contribution in [1.82, 2.24) is 4.90 Å². The zero-order valence-corrected chi connectivity index (χ0v) is 13.1. The standard InChI is InChI=1S/C17H16N2O4/c1-10-14(22-2)13(8-9-18-15(10)23-3)19-16(20)11-6-4-5-7-12(11)17(19)21/h4-10H,1-3H3. The summed E-state index contributed by atoms with van der Waals surface area (Å²) >= 11 is 0. The molecule has 2 heterocycles. The molecule has 1 atom stereocenters. The number of rotatable bonds is 2. The zero-order valence-electron chi connectivity index (χ0n) is 13.1. The van der Waals surface area contributed by atoms with Gasteiger partial charge >= 0.3 is 0 Å². The molecule has 0 saturated carbocycles. The Balaban J connectivity index is 2.11. The topological polar surface area (TPSA) is 68.2 Å². The first-order chi connectivity index (χ1) is 11.1. The van der Waals surface area contributed by atoms with E-state index in [0.717, 1.165) is 4.90 Å². The molecule has 0 saturated heterocycles. The van der Waals surface area contributed by atoms with Crippen molar-refractivity contribution in [1.29, 1.82) is 0 Å². The zero-order chi connectivity index (χ0) is 16.6. The van der Waals surface area contributed by atoms with Crippen LogP contribution in [0.2, 0.25) is 0 Å². The molecule has 23 heavy (non-hydrogen) atoms. The average Bonchev–Trinajstić information content (AvgIpc) is 2.72. The minimum absolute atomic E-state index is 0.320. The third-order valence-electron chi connectivity index (χ3n) is 3.91. The molecule has 6 heteroatoms. The van der Waals surface area contributed by atoms with Crippen LogP contribution in [0.5, 0.6) is 0 Å². The maximum atomic E-state index is 12.7. The quantitative estimate of drug-likeness (QED) is 0.786. The van der Waals surface area contributed by atoms with Crippen LogP contribution in [-0.2, 0) is 9.47 Å². The first-order valence-electron chi connectivity index (χ1n) is 7.14. The van der Waals surface area contributed by atoms with Gasteiger partial charge in [-0.05, 0) is 25.1 Å². The largest absolute Gasteiger partial charge is 0.498 e. The third kappa shape index (κ3) is 2.23. The number of ether oxygens (including phenoxy) is 2. The second-order valence-corrected chi connectivity index (χ2v) is 5.15. The van der Waals surface area contributed by atoms with Crippen molar-refractivity contribution >= 4 is 17.7 Å². The lowest BCUT2D eigenvalue weighted by atomic mass is 10.1. The van der Waals surface area contributed by atoms with Crippen molar-refractivity contribution < 1.29 is 19.1 Å². The van der Waals surface area contributed by atoms with E-state index in [0.29, 0.717) is 28.5 Å². The van der Waals surface area contributed by atoms with E-state index >= 15 is 0 Å². The Kier molecular flexibility index (Phi) is 3.73. The summed E-state index contributed by atoms with van der Waals surface area (Å²) in [6, 6.07) is 6.75. The van der Waals surface area contributed by atoms with E-state index in [1.165, 1.54) is 20.4 Å². The van der Waals surface area contributed by atoms with Gasteiger partial charge in [0.2, 0.25) is 0 Å². The van der Waals surface area contributed by atoms with Gasteiger partial charge in [0.15, 0.2) is 5.90 Å². The van der Waals surface area contributed by atoms with Crippen molar-refractivity contribution in [3.63, 3.8) is 0 Å². The van der Waals surface area contributed by atoms with Crippen molar-refractivity contribution in [3.05, 3.63) is 59.1 Å². The molecule has 0 bridgehead atoms.